The monoisotopic (exact) mass is 313 g/mol. The maximum absolute atomic E-state index is 12.7. The van der Waals surface area contributed by atoms with Crippen LogP contribution in [0.15, 0.2) is 23.1 Å². The van der Waals surface area contributed by atoms with Gasteiger partial charge in [0.2, 0.25) is 10.0 Å². The smallest absolute Gasteiger partial charge is 0.245 e. The van der Waals surface area contributed by atoms with Crippen molar-refractivity contribution in [2.24, 2.45) is 0 Å². The first-order valence-corrected chi connectivity index (χ1v) is 8.59. The highest BCUT2D eigenvalue weighted by Gasteiger charge is 2.29. The number of sulfonamides is 1. The second-order valence-electron chi connectivity index (χ2n) is 5.15. The maximum Gasteiger partial charge on any atom is 0.245 e. The van der Waals surface area contributed by atoms with E-state index in [4.69, 9.17) is 10.5 Å². The largest absolute Gasteiger partial charge is 0.497 e. The van der Waals surface area contributed by atoms with Gasteiger partial charge in [0.1, 0.15) is 10.6 Å². The Morgan fingerprint density at radius 3 is 2.43 bits per heavy atom. The normalized spacial score (nSPS) is 17.8. The van der Waals surface area contributed by atoms with E-state index in [1.165, 1.54) is 17.5 Å². The van der Waals surface area contributed by atoms with Crippen LogP contribution < -0.4 is 10.5 Å². The highest BCUT2D eigenvalue weighted by Crippen LogP contribution is 2.27. The highest BCUT2D eigenvalue weighted by molar-refractivity contribution is 7.89. The van der Waals surface area contributed by atoms with Gasteiger partial charge >= 0.3 is 0 Å². The lowest BCUT2D eigenvalue weighted by Crippen LogP contribution is -2.48. The number of rotatable bonds is 5. The van der Waals surface area contributed by atoms with Gasteiger partial charge in [0.05, 0.1) is 12.8 Å². The zero-order valence-corrected chi connectivity index (χ0v) is 13.4. The molecule has 0 aromatic heterocycles. The zero-order chi connectivity index (χ0) is 15.5. The fraction of sp³-hybridized carbons (Fsp3) is 0.571. The van der Waals surface area contributed by atoms with Crippen LogP contribution in [0.1, 0.15) is 13.3 Å². The Morgan fingerprint density at radius 1 is 1.24 bits per heavy atom. The molecule has 2 N–H and O–H groups in total. The maximum atomic E-state index is 12.7. The molecular formula is C14H23N3O3S. The molecule has 118 valence electrons. The van der Waals surface area contributed by atoms with E-state index in [2.05, 4.69) is 11.8 Å². The van der Waals surface area contributed by atoms with Gasteiger partial charge < -0.3 is 15.4 Å². The molecule has 1 heterocycles. The fourth-order valence-electron chi connectivity index (χ4n) is 2.54. The third-order valence-electron chi connectivity index (χ3n) is 3.71. The average molecular weight is 313 g/mol. The van der Waals surface area contributed by atoms with Gasteiger partial charge in [-0.2, -0.15) is 4.31 Å². The summed E-state index contributed by atoms with van der Waals surface area (Å²) >= 11 is 0. The number of benzene rings is 1. The summed E-state index contributed by atoms with van der Waals surface area (Å²) in [5.74, 6) is 0.555. The van der Waals surface area contributed by atoms with Crippen LogP contribution in [0.5, 0.6) is 5.75 Å². The summed E-state index contributed by atoms with van der Waals surface area (Å²) in [5, 5.41) is 0. The lowest BCUT2D eigenvalue weighted by atomic mass is 10.3. The van der Waals surface area contributed by atoms with Crippen molar-refractivity contribution in [3.8, 4) is 5.75 Å². The molecule has 6 nitrogen and oxygen atoms in total. The fourth-order valence-corrected chi connectivity index (χ4v) is 4.06. The van der Waals surface area contributed by atoms with Crippen LogP contribution >= 0.6 is 0 Å². The van der Waals surface area contributed by atoms with Crippen molar-refractivity contribution in [1.82, 2.24) is 9.21 Å². The van der Waals surface area contributed by atoms with Gasteiger partial charge in [-0.25, -0.2) is 8.42 Å². The minimum atomic E-state index is -3.53. The third-order valence-corrected chi connectivity index (χ3v) is 5.68. The second-order valence-corrected chi connectivity index (χ2v) is 7.06. The molecule has 0 bridgehead atoms. The summed E-state index contributed by atoms with van der Waals surface area (Å²) in [7, 11) is -2.01. The second kappa shape index (κ2) is 6.64. The van der Waals surface area contributed by atoms with Crippen LogP contribution in [0.2, 0.25) is 0 Å². The Labute approximate surface area is 126 Å². The number of nitrogen functional groups attached to an aromatic ring is 1. The van der Waals surface area contributed by atoms with Crippen LogP contribution in [0.25, 0.3) is 0 Å². The predicted octanol–water partition coefficient (Wildman–Crippen LogP) is 0.994. The predicted molar refractivity (Wildman–Crippen MR) is 82.9 cm³/mol. The van der Waals surface area contributed by atoms with E-state index in [1.807, 2.05) is 0 Å². The topological polar surface area (TPSA) is 75.9 Å². The number of nitrogens with zero attached hydrogens (tertiary/aromatic N) is 2. The van der Waals surface area contributed by atoms with E-state index >= 15 is 0 Å². The highest BCUT2D eigenvalue weighted by atomic mass is 32.2. The molecule has 1 aliphatic rings. The molecule has 0 atom stereocenters. The minimum Gasteiger partial charge on any atom is -0.497 e. The van der Waals surface area contributed by atoms with Gasteiger partial charge in [-0.1, -0.05) is 6.92 Å². The third kappa shape index (κ3) is 3.48. The van der Waals surface area contributed by atoms with Crippen LogP contribution in [-0.2, 0) is 10.0 Å². The molecule has 0 unspecified atom stereocenters. The summed E-state index contributed by atoms with van der Waals surface area (Å²) < 4.78 is 31.9. The van der Waals surface area contributed by atoms with Crippen molar-refractivity contribution in [3.63, 3.8) is 0 Å². The Hall–Kier alpha value is -1.31. The van der Waals surface area contributed by atoms with E-state index in [0.717, 1.165) is 26.1 Å². The summed E-state index contributed by atoms with van der Waals surface area (Å²) in [4.78, 5) is 2.44. The molecule has 0 radical (unpaired) electrons. The molecule has 0 amide bonds. The first kappa shape index (κ1) is 16.1. The van der Waals surface area contributed by atoms with Crippen molar-refractivity contribution in [1.29, 1.82) is 0 Å². The van der Waals surface area contributed by atoms with E-state index in [9.17, 15) is 8.42 Å². The standard InChI is InChI=1S/C14H23N3O3S/c1-3-6-16-7-9-17(10-8-16)21(18,19)14-5-4-12(20-2)11-13(14)15/h4-5,11H,3,6-10,15H2,1-2H3. The molecule has 1 fully saturated rings. The van der Waals surface area contributed by atoms with Crippen molar-refractivity contribution < 1.29 is 13.2 Å². The first-order chi connectivity index (χ1) is 9.98. The lowest BCUT2D eigenvalue weighted by molar-refractivity contribution is 0.189. The zero-order valence-electron chi connectivity index (χ0n) is 12.6. The Kier molecular flexibility index (Phi) is 5.08. The van der Waals surface area contributed by atoms with Gasteiger partial charge in [-0.3, -0.25) is 0 Å². The van der Waals surface area contributed by atoms with Crippen LogP contribution in [-0.4, -0.2) is 57.5 Å². The molecule has 1 aromatic carbocycles. The van der Waals surface area contributed by atoms with Crippen molar-refractivity contribution in [3.05, 3.63) is 18.2 Å². The lowest BCUT2D eigenvalue weighted by Gasteiger charge is -2.33. The molecule has 1 aliphatic heterocycles. The van der Waals surface area contributed by atoms with E-state index in [1.54, 1.807) is 12.1 Å². The molecule has 21 heavy (non-hydrogen) atoms. The van der Waals surface area contributed by atoms with E-state index < -0.39 is 10.0 Å². The number of hydrogen-bond donors (Lipinski definition) is 1. The summed E-state index contributed by atoms with van der Waals surface area (Å²) in [6, 6.07) is 4.68. The van der Waals surface area contributed by atoms with Crippen molar-refractivity contribution in [2.75, 3.05) is 45.6 Å². The number of hydrogen-bond acceptors (Lipinski definition) is 5. The number of anilines is 1. The number of nitrogens with two attached hydrogens (primary N) is 1. The van der Waals surface area contributed by atoms with Gasteiger partial charge in [0, 0.05) is 32.2 Å². The SMILES string of the molecule is CCCN1CCN(S(=O)(=O)c2ccc(OC)cc2N)CC1. The Balaban J connectivity index is 2.16. The van der Waals surface area contributed by atoms with Crippen LogP contribution in [0.3, 0.4) is 0 Å². The van der Waals surface area contributed by atoms with Crippen molar-refractivity contribution in [2.45, 2.75) is 18.2 Å². The molecule has 0 spiro atoms. The van der Waals surface area contributed by atoms with Gasteiger partial charge in [-0.15, -0.1) is 0 Å². The summed E-state index contributed by atoms with van der Waals surface area (Å²) in [6.45, 7) is 5.69. The first-order valence-electron chi connectivity index (χ1n) is 7.15. The Morgan fingerprint density at radius 2 is 1.90 bits per heavy atom. The molecule has 2 rings (SSSR count). The summed E-state index contributed by atoms with van der Waals surface area (Å²) in [6.07, 6.45) is 1.08. The number of methoxy groups -OCH3 is 1. The quantitative estimate of drug-likeness (QED) is 0.821. The van der Waals surface area contributed by atoms with Gasteiger partial charge in [0.15, 0.2) is 0 Å². The molecule has 1 saturated heterocycles. The molecule has 7 heteroatoms. The molecule has 0 aliphatic carbocycles. The average Bonchev–Trinajstić information content (AvgIpc) is 2.47. The van der Waals surface area contributed by atoms with Gasteiger partial charge in [0.25, 0.3) is 0 Å². The molecule has 0 saturated carbocycles. The number of piperazine rings is 1. The van der Waals surface area contributed by atoms with Crippen LogP contribution in [0.4, 0.5) is 5.69 Å². The van der Waals surface area contributed by atoms with E-state index in [-0.39, 0.29) is 10.6 Å². The molecule has 1 aromatic rings. The Bertz CT molecular complexity index is 581. The van der Waals surface area contributed by atoms with Gasteiger partial charge in [-0.05, 0) is 25.1 Å². The summed E-state index contributed by atoms with van der Waals surface area (Å²) in [5.41, 5.74) is 6.10. The van der Waals surface area contributed by atoms with Crippen molar-refractivity contribution >= 4 is 15.7 Å². The molecular weight excluding hydrogens is 290 g/mol. The van der Waals surface area contributed by atoms with Crippen LogP contribution in [0, 0.1) is 0 Å². The minimum absolute atomic E-state index is 0.159. The number of ether oxygens (including phenoxy) is 1. The van der Waals surface area contributed by atoms with E-state index in [0.29, 0.717) is 18.8 Å².